The Morgan fingerprint density at radius 1 is 1.17 bits per heavy atom. The van der Waals surface area contributed by atoms with Crippen molar-refractivity contribution >= 4 is 11.9 Å². The smallest absolute Gasteiger partial charge is 0.308 e. The van der Waals surface area contributed by atoms with E-state index >= 15 is 0 Å². The number of nitrogens with zero attached hydrogens (tertiary/aromatic N) is 4. The molecule has 0 spiro atoms. The summed E-state index contributed by atoms with van der Waals surface area (Å²) < 4.78 is 1.85. The lowest BCUT2D eigenvalue weighted by molar-refractivity contribution is -0.147. The van der Waals surface area contributed by atoms with E-state index in [1.165, 1.54) is 0 Å². The topological polar surface area (TPSA) is 78.7 Å². The molecule has 0 saturated carbocycles. The fourth-order valence-corrected chi connectivity index (χ4v) is 4.21. The Morgan fingerprint density at radius 2 is 1.83 bits per heavy atom. The highest BCUT2D eigenvalue weighted by Crippen LogP contribution is 2.27. The van der Waals surface area contributed by atoms with Gasteiger partial charge in [0.05, 0.1) is 17.5 Å². The molecule has 0 unspecified atom stereocenters. The van der Waals surface area contributed by atoms with Crippen LogP contribution in [0.1, 0.15) is 22.5 Å². The second-order valence-electron chi connectivity index (χ2n) is 8.01. The molecule has 1 aliphatic heterocycles. The number of carbonyl (C=O) groups excluding carboxylic acids is 1. The fourth-order valence-electron chi connectivity index (χ4n) is 4.21. The predicted octanol–water partition coefficient (Wildman–Crippen LogP) is 1.87. The molecule has 1 fully saturated rings. The molecule has 2 atom stereocenters. The first kappa shape index (κ1) is 21.0. The number of aliphatic carboxylic acids is 1. The van der Waals surface area contributed by atoms with Gasteiger partial charge in [0.2, 0.25) is 5.91 Å². The van der Waals surface area contributed by atoms with Crippen molar-refractivity contribution in [2.75, 3.05) is 26.7 Å². The van der Waals surface area contributed by atoms with E-state index in [1.54, 1.807) is 11.9 Å². The van der Waals surface area contributed by atoms with Crippen molar-refractivity contribution in [1.82, 2.24) is 19.6 Å². The Labute approximate surface area is 171 Å². The molecule has 156 valence electrons. The number of likely N-dealkylation sites (tertiary alicyclic amines) is 1. The number of hydrogen-bond donors (Lipinski definition) is 1. The molecule has 1 amide bonds. The Bertz CT molecular complexity index is 878. The first-order chi connectivity index (χ1) is 13.8. The Morgan fingerprint density at radius 3 is 2.41 bits per heavy atom. The van der Waals surface area contributed by atoms with Gasteiger partial charge in [-0.15, -0.1) is 0 Å². The third kappa shape index (κ3) is 4.67. The first-order valence-corrected chi connectivity index (χ1v) is 10.0. The van der Waals surface area contributed by atoms with Gasteiger partial charge >= 0.3 is 5.97 Å². The lowest BCUT2D eigenvalue weighted by atomic mass is 9.94. The SMILES string of the molecule is Cc1nn(C)c(C)c1CCN(C)C(=O)[C@H]1CN(Cc2ccccc2)C[C@H]1C(=O)O. The predicted molar refractivity (Wildman–Crippen MR) is 110 cm³/mol. The zero-order valence-electron chi connectivity index (χ0n) is 17.6. The molecule has 1 aromatic carbocycles. The minimum Gasteiger partial charge on any atom is -0.481 e. The van der Waals surface area contributed by atoms with Crippen molar-refractivity contribution < 1.29 is 14.7 Å². The maximum absolute atomic E-state index is 13.1. The van der Waals surface area contributed by atoms with Crippen LogP contribution in [0.2, 0.25) is 0 Å². The zero-order valence-corrected chi connectivity index (χ0v) is 17.6. The minimum absolute atomic E-state index is 0.0906. The highest BCUT2D eigenvalue weighted by atomic mass is 16.4. The summed E-state index contributed by atoms with van der Waals surface area (Å²) in [6, 6.07) is 9.95. The second kappa shape index (κ2) is 8.78. The first-order valence-electron chi connectivity index (χ1n) is 10.0. The van der Waals surface area contributed by atoms with Gasteiger partial charge in [-0.05, 0) is 31.4 Å². The number of carbonyl (C=O) groups is 2. The molecule has 0 bridgehead atoms. The lowest BCUT2D eigenvalue weighted by Gasteiger charge is -2.23. The molecule has 1 N–H and O–H groups in total. The number of hydrogen-bond acceptors (Lipinski definition) is 4. The molecular formula is C22H30N4O3. The fraction of sp³-hybridized carbons (Fsp3) is 0.500. The molecule has 2 heterocycles. The van der Waals surface area contributed by atoms with E-state index < -0.39 is 17.8 Å². The Balaban J connectivity index is 1.64. The van der Waals surface area contributed by atoms with Crippen LogP contribution in [0.4, 0.5) is 0 Å². The summed E-state index contributed by atoms with van der Waals surface area (Å²) in [4.78, 5) is 28.6. The number of aryl methyl sites for hydroxylation is 2. The van der Waals surface area contributed by atoms with Crippen LogP contribution in [-0.2, 0) is 29.6 Å². The molecule has 0 aliphatic carbocycles. The van der Waals surface area contributed by atoms with E-state index in [0.717, 1.165) is 22.5 Å². The highest BCUT2D eigenvalue weighted by molar-refractivity contribution is 5.85. The summed E-state index contributed by atoms with van der Waals surface area (Å²) in [5, 5.41) is 14.1. The van der Waals surface area contributed by atoms with E-state index in [0.29, 0.717) is 32.6 Å². The summed E-state index contributed by atoms with van der Waals surface area (Å²) in [5.41, 5.74) is 4.35. The molecule has 29 heavy (non-hydrogen) atoms. The van der Waals surface area contributed by atoms with Crippen LogP contribution in [0.3, 0.4) is 0 Å². The standard InChI is InChI=1S/C22H30N4O3/c1-15-18(16(2)25(4)23-15)10-11-24(3)21(27)19-13-26(14-20(19)22(28)29)12-17-8-6-5-7-9-17/h5-9,19-20H,10-14H2,1-4H3,(H,28,29)/t19-,20+/m0/s1. The van der Waals surface area contributed by atoms with E-state index in [-0.39, 0.29) is 5.91 Å². The maximum atomic E-state index is 13.1. The third-order valence-electron chi connectivity index (χ3n) is 6.01. The highest BCUT2D eigenvalue weighted by Gasteiger charge is 2.42. The van der Waals surface area contributed by atoms with Gasteiger partial charge in [-0.2, -0.15) is 5.10 Å². The van der Waals surface area contributed by atoms with Gasteiger partial charge in [0.1, 0.15) is 0 Å². The van der Waals surface area contributed by atoms with Crippen molar-refractivity contribution in [2.24, 2.45) is 18.9 Å². The van der Waals surface area contributed by atoms with Gasteiger partial charge < -0.3 is 10.0 Å². The quantitative estimate of drug-likeness (QED) is 0.770. The molecule has 0 radical (unpaired) electrons. The van der Waals surface area contributed by atoms with Crippen LogP contribution in [0.5, 0.6) is 0 Å². The summed E-state index contributed by atoms with van der Waals surface area (Å²) in [7, 11) is 3.68. The van der Waals surface area contributed by atoms with Crippen molar-refractivity contribution in [1.29, 1.82) is 0 Å². The van der Waals surface area contributed by atoms with Crippen molar-refractivity contribution in [3.05, 3.63) is 52.8 Å². The van der Waals surface area contributed by atoms with Gasteiger partial charge in [-0.1, -0.05) is 30.3 Å². The minimum atomic E-state index is -0.897. The van der Waals surface area contributed by atoms with Gasteiger partial charge in [0.15, 0.2) is 0 Å². The monoisotopic (exact) mass is 398 g/mol. The lowest BCUT2D eigenvalue weighted by Crippen LogP contribution is -2.39. The van der Waals surface area contributed by atoms with Crippen LogP contribution < -0.4 is 0 Å². The summed E-state index contributed by atoms with van der Waals surface area (Å²) in [6.45, 7) is 6.08. The number of amides is 1. The van der Waals surface area contributed by atoms with Crippen LogP contribution in [0.15, 0.2) is 30.3 Å². The van der Waals surface area contributed by atoms with Crippen molar-refractivity contribution in [3.8, 4) is 0 Å². The van der Waals surface area contributed by atoms with Crippen molar-refractivity contribution in [2.45, 2.75) is 26.8 Å². The van der Waals surface area contributed by atoms with Crippen molar-refractivity contribution in [3.63, 3.8) is 0 Å². The van der Waals surface area contributed by atoms with Gasteiger partial charge in [-0.3, -0.25) is 19.2 Å². The van der Waals surface area contributed by atoms with E-state index in [4.69, 9.17) is 0 Å². The van der Waals surface area contributed by atoms with Gasteiger partial charge in [-0.25, -0.2) is 0 Å². The summed E-state index contributed by atoms with van der Waals surface area (Å²) in [5.74, 6) is -2.17. The zero-order chi connectivity index (χ0) is 21.1. The summed E-state index contributed by atoms with van der Waals surface area (Å²) in [6.07, 6.45) is 0.714. The number of rotatable bonds is 7. The molecule has 1 aliphatic rings. The van der Waals surface area contributed by atoms with Crippen LogP contribution in [0.25, 0.3) is 0 Å². The average molecular weight is 399 g/mol. The van der Waals surface area contributed by atoms with E-state index in [9.17, 15) is 14.7 Å². The normalized spacial score (nSPS) is 19.4. The van der Waals surface area contributed by atoms with Gasteiger partial charge in [0.25, 0.3) is 0 Å². The van der Waals surface area contributed by atoms with Gasteiger partial charge in [0, 0.05) is 46.0 Å². The third-order valence-corrected chi connectivity index (χ3v) is 6.01. The number of carboxylic acid groups (broad SMARTS) is 1. The summed E-state index contributed by atoms with van der Waals surface area (Å²) >= 11 is 0. The number of likely N-dealkylation sites (N-methyl/N-ethyl adjacent to an activating group) is 1. The van der Waals surface area contributed by atoms with Crippen LogP contribution in [0, 0.1) is 25.7 Å². The molecule has 1 aromatic heterocycles. The molecular weight excluding hydrogens is 368 g/mol. The molecule has 3 rings (SSSR count). The number of carboxylic acids is 1. The number of benzene rings is 1. The number of aromatic nitrogens is 2. The van der Waals surface area contributed by atoms with Crippen LogP contribution >= 0.6 is 0 Å². The average Bonchev–Trinajstić information content (AvgIpc) is 3.21. The second-order valence-corrected chi connectivity index (χ2v) is 8.01. The molecule has 7 heteroatoms. The molecule has 2 aromatic rings. The van der Waals surface area contributed by atoms with E-state index in [1.807, 2.05) is 55.9 Å². The largest absolute Gasteiger partial charge is 0.481 e. The Kier molecular flexibility index (Phi) is 6.37. The Hall–Kier alpha value is -2.67. The maximum Gasteiger partial charge on any atom is 0.308 e. The molecule has 7 nitrogen and oxygen atoms in total. The van der Waals surface area contributed by atoms with E-state index in [2.05, 4.69) is 10.00 Å². The molecule has 1 saturated heterocycles. The van der Waals surface area contributed by atoms with Crippen LogP contribution in [-0.4, -0.2) is 63.2 Å².